The normalized spacial score (nSPS) is 10.7. The molecule has 0 atom stereocenters. The molecule has 0 aliphatic rings. The molecular formula is C16H15N3OS. The fourth-order valence-electron chi connectivity index (χ4n) is 2.38. The number of para-hydroxylation sites is 2. The molecule has 1 heterocycles. The van der Waals surface area contributed by atoms with E-state index in [9.17, 15) is 0 Å². The maximum Gasteiger partial charge on any atom is 0.123 e. The monoisotopic (exact) mass is 297 g/mol. The zero-order chi connectivity index (χ0) is 14.8. The Labute approximate surface area is 128 Å². The van der Waals surface area contributed by atoms with Gasteiger partial charge in [-0.25, -0.2) is 4.98 Å². The van der Waals surface area contributed by atoms with E-state index >= 15 is 0 Å². The molecule has 3 aromatic rings. The Bertz CT molecular complexity index is 810. The lowest BCUT2D eigenvalue weighted by Gasteiger charge is -2.11. The van der Waals surface area contributed by atoms with Crippen molar-refractivity contribution in [1.29, 1.82) is 0 Å². The summed E-state index contributed by atoms with van der Waals surface area (Å²) in [5.41, 5.74) is 9.62. The fourth-order valence-corrected chi connectivity index (χ4v) is 2.50. The Morgan fingerprint density at radius 3 is 2.86 bits per heavy atom. The Kier molecular flexibility index (Phi) is 3.58. The van der Waals surface area contributed by atoms with Crippen LogP contribution in [0.4, 0.5) is 0 Å². The van der Waals surface area contributed by atoms with Crippen LogP contribution in [0.2, 0.25) is 0 Å². The molecule has 1 aromatic heterocycles. The van der Waals surface area contributed by atoms with Crippen LogP contribution in [-0.4, -0.2) is 21.6 Å². The quantitative estimate of drug-likeness (QED) is 0.752. The van der Waals surface area contributed by atoms with Crippen molar-refractivity contribution in [3.05, 3.63) is 59.9 Å². The van der Waals surface area contributed by atoms with E-state index in [0.29, 0.717) is 11.5 Å². The molecule has 0 bridgehead atoms. The molecule has 2 N–H and O–H groups in total. The van der Waals surface area contributed by atoms with Gasteiger partial charge in [0.05, 0.1) is 31.0 Å². The van der Waals surface area contributed by atoms with Crippen molar-refractivity contribution in [2.75, 3.05) is 7.11 Å². The van der Waals surface area contributed by atoms with E-state index in [1.807, 2.05) is 48.8 Å². The molecule has 0 saturated carbocycles. The number of ether oxygens (including phenoxy) is 1. The molecule has 0 unspecified atom stereocenters. The number of nitrogens with two attached hydrogens (primary N) is 1. The van der Waals surface area contributed by atoms with Gasteiger partial charge in [0.2, 0.25) is 0 Å². The summed E-state index contributed by atoms with van der Waals surface area (Å²) in [6.45, 7) is 0.653. The van der Waals surface area contributed by atoms with Crippen LogP contribution in [0.15, 0.2) is 48.8 Å². The van der Waals surface area contributed by atoms with Crippen molar-refractivity contribution < 1.29 is 4.74 Å². The van der Waals surface area contributed by atoms with E-state index in [-0.39, 0.29) is 0 Å². The van der Waals surface area contributed by atoms with Crippen LogP contribution in [0.5, 0.6) is 5.75 Å². The number of rotatable bonds is 4. The summed E-state index contributed by atoms with van der Waals surface area (Å²) in [4.78, 5) is 4.78. The first-order valence-corrected chi connectivity index (χ1v) is 6.96. The number of imidazole rings is 1. The van der Waals surface area contributed by atoms with Gasteiger partial charge in [-0.05, 0) is 30.3 Å². The Hall–Kier alpha value is -2.40. The van der Waals surface area contributed by atoms with Gasteiger partial charge in [0, 0.05) is 11.1 Å². The van der Waals surface area contributed by atoms with Crippen molar-refractivity contribution in [2.24, 2.45) is 5.73 Å². The summed E-state index contributed by atoms with van der Waals surface area (Å²) < 4.78 is 7.50. The summed E-state index contributed by atoms with van der Waals surface area (Å²) in [5.74, 6) is 0.813. The third-order valence-corrected chi connectivity index (χ3v) is 3.67. The minimum absolute atomic E-state index is 0.384. The lowest BCUT2D eigenvalue weighted by molar-refractivity contribution is 0.408. The molecule has 0 amide bonds. The largest absolute Gasteiger partial charge is 0.496 e. The lowest BCUT2D eigenvalue weighted by atomic mass is 10.1. The molecular weight excluding hydrogens is 282 g/mol. The van der Waals surface area contributed by atoms with Crippen molar-refractivity contribution in [3.63, 3.8) is 0 Å². The number of hydrogen-bond donors (Lipinski definition) is 1. The maximum atomic E-state index is 5.71. The van der Waals surface area contributed by atoms with Gasteiger partial charge >= 0.3 is 0 Å². The first-order valence-electron chi connectivity index (χ1n) is 6.55. The molecule has 0 aliphatic carbocycles. The van der Waals surface area contributed by atoms with Crippen LogP contribution in [0, 0.1) is 0 Å². The van der Waals surface area contributed by atoms with Crippen molar-refractivity contribution in [2.45, 2.75) is 6.54 Å². The number of benzene rings is 2. The molecule has 106 valence electrons. The first-order chi connectivity index (χ1) is 10.2. The van der Waals surface area contributed by atoms with E-state index in [4.69, 9.17) is 22.7 Å². The van der Waals surface area contributed by atoms with Crippen LogP contribution in [0.25, 0.3) is 11.0 Å². The molecule has 0 radical (unpaired) electrons. The van der Waals surface area contributed by atoms with Crippen LogP contribution in [0.3, 0.4) is 0 Å². The summed E-state index contributed by atoms with van der Waals surface area (Å²) >= 11 is 5.04. The van der Waals surface area contributed by atoms with Gasteiger partial charge in [-0.1, -0.05) is 24.4 Å². The Balaban J connectivity index is 2.04. The van der Waals surface area contributed by atoms with Gasteiger partial charge in [-0.15, -0.1) is 0 Å². The average molecular weight is 297 g/mol. The zero-order valence-electron chi connectivity index (χ0n) is 11.6. The minimum Gasteiger partial charge on any atom is -0.496 e. The minimum atomic E-state index is 0.384. The van der Waals surface area contributed by atoms with E-state index in [1.54, 1.807) is 7.11 Å². The second-order valence-corrected chi connectivity index (χ2v) is 5.19. The predicted octanol–water partition coefficient (Wildman–Crippen LogP) is 2.73. The van der Waals surface area contributed by atoms with Crippen molar-refractivity contribution >= 4 is 28.2 Å². The first kappa shape index (κ1) is 13.6. The summed E-state index contributed by atoms with van der Waals surface area (Å²) in [6, 6.07) is 13.8. The highest BCUT2D eigenvalue weighted by Gasteiger charge is 2.09. The highest BCUT2D eigenvalue weighted by Crippen LogP contribution is 2.23. The highest BCUT2D eigenvalue weighted by molar-refractivity contribution is 7.80. The van der Waals surface area contributed by atoms with Crippen LogP contribution < -0.4 is 10.5 Å². The second kappa shape index (κ2) is 5.54. The van der Waals surface area contributed by atoms with E-state index in [2.05, 4.69) is 9.55 Å². The summed E-state index contributed by atoms with van der Waals surface area (Å²) in [5, 5.41) is 0. The summed E-state index contributed by atoms with van der Waals surface area (Å²) in [7, 11) is 1.66. The number of fused-ring (bicyclic) bond motifs is 1. The molecule has 5 heteroatoms. The molecule has 0 fully saturated rings. The highest BCUT2D eigenvalue weighted by atomic mass is 32.1. The third-order valence-electron chi connectivity index (χ3n) is 3.43. The maximum absolute atomic E-state index is 5.71. The molecule has 21 heavy (non-hydrogen) atoms. The number of nitrogens with zero attached hydrogens (tertiary/aromatic N) is 2. The summed E-state index contributed by atoms with van der Waals surface area (Å²) in [6.07, 6.45) is 1.83. The third kappa shape index (κ3) is 2.60. The lowest BCUT2D eigenvalue weighted by Crippen LogP contribution is -2.10. The van der Waals surface area contributed by atoms with Gasteiger partial charge in [0.1, 0.15) is 10.7 Å². The predicted molar refractivity (Wildman–Crippen MR) is 87.7 cm³/mol. The average Bonchev–Trinajstić information content (AvgIpc) is 2.90. The molecule has 0 saturated heterocycles. The second-order valence-electron chi connectivity index (χ2n) is 4.75. The van der Waals surface area contributed by atoms with Crippen LogP contribution in [-0.2, 0) is 6.54 Å². The molecule has 2 aromatic carbocycles. The van der Waals surface area contributed by atoms with E-state index in [0.717, 1.165) is 27.9 Å². The zero-order valence-corrected chi connectivity index (χ0v) is 12.4. The molecule has 0 spiro atoms. The number of hydrogen-bond acceptors (Lipinski definition) is 3. The SMILES string of the molecule is COc1ccc(C(N)=S)cc1Cn1cnc2ccccc21. The van der Waals surface area contributed by atoms with Gasteiger partial charge in [0.15, 0.2) is 0 Å². The van der Waals surface area contributed by atoms with Gasteiger partial charge in [-0.2, -0.15) is 0 Å². The van der Waals surface area contributed by atoms with E-state index < -0.39 is 0 Å². The van der Waals surface area contributed by atoms with Gasteiger partial charge < -0.3 is 15.0 Å². The number of aromatic nitrogens is 2. The fraction of sp³-hybridized carbons (Fsp3) is 0.125. The number of thiocarbonyl (C=S) groups is 1. The van der Waals surface area contributed by atoms with E-state index in [1.165, 1.54) is 0 Å². The van der Waals surface area contributed by atoms with Crippen molar-refractivity contribution in [1.82, 2.24) is 9.55 Å². The molecule has 0 aliphatic heterocycles. The molecule has 4 nitrogen and oxygen atoms in total. The smallest absolute Gasteiger partial charge is 0.123 e. The van der Waals surface area contributed by atoms with Gasteiger partial charge in [-0.3, -0.25) is 0 Å². The van der Waals surface area contributed by atoms with Crippen molar-refractivity contribution in [3.8, 4) is 5.75 Å². The van der Waals surface area contributed by atoms with Gasteiger partial charge in [0.25, 0.3) is 0 Å². The van der Waals surface area contributed by atoms with Crippen LogP contribution >= 0.6 is 12.2 Å². The standard InChI is InChI=1S/C16H15N3OS/c1-20-15-7-6-11(16(17)21)8-12(15)9-19-10-18-13-4-2-3-5-14(13)19/h2-8,10H,9H2,1H3,(H2,17,21). The Morgan fingerprint density at radius 1 is 1.29 bits per heavy atom. The topological polar surface area (TPSA) is 53.1 Å². The van der Waals surface area contributed by atoms with Crippen LogP contribution in [0.1, 0.15) is 11.1 Å². The Morgan fingerprint density at radius 2 is 2.10 bits per heavy atom. The molecule has 3 rings (SSSR count). The number of methoxy groups -OCH3 is 1.